The van der Waals surface area contributed by atoms with Crippen LogP contribution in [0.4, 0.5) is 0 Å². The van der Waals surface area contributed by atoms with Crippen molar-refractivity contribution >= 4 is 11.7 Å². The Balaban J connectivity index is 4.38. The Morgan fingerprint density at radius 2 is 1.88 bits per heavy atom. The summed E-state index contributed by atoms with van der Waals surface area (Å²) in [6, 6.07) is -0.0491. The number of ketones is 1. The van der Waals surface area contributed by atoms with Gasteiger partial charge in [-0.3, -0.25) is 9.59 Å². The summed E-state index contributed by atoms with van der Waals surface area (Å²) in [5.74, 6) is -0.300. The van der Waals surface area contributed by atoms with Gasteiger partial charge >= 0.3 is 0 Å². The van der Waals surface area contributed by atoms with Gasteiger partial charge in [-0.2, -0.15) is 0 Å². The third-order valence-electron chi connectivity index (χ3n) is 2.20. The highest BCUT2D eigenvalue weighted by molar-refractivity contribution is 5.96. The lowest BCUT2D eigenvalue weighted by atomic mass is 10.2. The fraction of sp³-hybridized carbons (Fsp3) is 0.818. The van der Waals surface area contributed by atoms with Crippen LogP contribution in [0.1, 0.15) is 20.3 Å². The molecule has 0 saturated carbocycles. The van der Waals surface area contributed by atoms with E-state index in [4.69, 9.17) is 9.47 Å². The number of carbonyl (C=O) groups is 2. The van der Waals surface area contributed by atoms with Gasteiger partial charge in [0.15, 0.2) is 0 Å². The van der Waals surface area contributed by atoms with Gasteiger partial charge in [-0.05, 0) is 13.8 Å². The lowest BCUT2D eigenvalue weighted by Crippen LogP contribution is -2.43. The molecule has 0 radical (unpaired) electrons. The van der Waals surface area contributed by atoms with Crippen LogP contribution >= 0.6 is 0 Å². The van der Waals surface area contributed by atoms with Crippen LogP contribution in [-0.2, 0) is 19.1 Å². The summed E-state index contributed by atoms with van der Waals surface area (Å²) in [5, 5.41) is 0. The highest BCUT2D eigenvalue weighted by atomic mass is 16.5. The van der Waals surface area contributed by atoms with Crippen molar-refractivity contribution in [2.75, 3.05) is 34.0 Å². The highest BCUT2D eigenvalue weighted by Gasteiger charge is 2.20. The van der Waals surface area contributed by atoms with E-state index < -0.39 is 0 Å². The van der Waals surface area contributed by atoms with Gasteiger partial charge in [0.2, 0.25) is 5.91 Å². The van der Waals surface area contributed by atoms with Crippen molar-refractivity contribution in [1.29, 1.82) is 0 Å². The molecule has 0 N–H and O–H groups in total. The number of Topliss-reactive ketones (excluding diaryl/α,β-unsaturated/α-hetero) is 1. The van der Waals surface area contributed by atoms with Gasteiger partial charge in [-0.25, -0.2) is 0 Å². The fourth-order valence-electron chi connectivity index (χ4n) is 1.43. The molecule has 0 heterocycles. The Morgan fingerprint density at radius 1 is 1.25 bits per heavy atom. The van der Waals surface area contributed by atoms with Crippen LogP contribution in [0.5, 0.6) is 0 Å². The maximum atomic E-state index is 11.8. The lowest BCUT2D eigenvalue weighted by Gasteiger charge is -2.28. The third kappa shape index (κ3) is 5.82. The quantitative estimate of drug-likeness (QED) is 0.570. The zero-order valence-electron chi connectivity index (χ0n) is 10.5. The van der Waals surface area contributed by atoms with Gasteiger partial charge in [0.1, 0.15) is 5.78 Å². The summed E-state index contributed by atoms with van der Waals surface area (Å²) in [5.41, 5.74) is 0. The summed E-state index contributed by atoms with van der Waals surface area (Å²) >= 11 is 0. The number of ether oxygens (including phenoxy) is 2. The molecule has 0 aromatic heterocycles. The van der Waals surface area contributed by atoms with Crippen molar-refractivity contribution in [1.82, 2.24) is 4.90 Å². The maximum absolute atomic E-state index is 11.8. The summed E-state index contributed by atoms with van der Waals surface area (Å²) < 4.78 is 9.94. The number of nitrogens with zero attached hydrogens (tertiary/aromatic N) is 1. The molecule has 16 heavy (non-hydrogen) atoms. The Morgan fingerprint density at radius 3 is 2.31 bits per heavy atom. The zero-order chi connectivity index (χ0) is 12.6. The van der Waals surface area contributed by atoms with Gasteiger partial charge in [0, 0.05) is 20.8 Å². The Hall–Kier alpha value is -0.940. The van der Waals surface area contributed by atoms with E-state index in [1.165, 1.54) is 6.92 Å². The van der Waals surface area contributed by atoms with Crippen molar-refractivity contribution in [2.45, 2.75) is 26.3 Å². The molecule has 0 aliphatic carbocycles. The second-order valence-electron chi connectivity index (χ2n) is 3.76. The molecule has 1 unspecified atom stereocenters. The van der Waals surface area contributed by atoms with Crippen LogP contribution in [0.2, 0.25) is 0 Å². The van der Waals surface area contributed by atoms with E-state index in [0.29, 0.717) is 19.8 Å². The SMILES string of the molecule is COCCN(C(=O)CC(C)=O)C(C)COC. The number of carbonyl (C=O) groups excluding carboxylic acids is 2. The average molecular weight is 231 g/mol. The zero-order valence-corrected chi connectivity index (χ0v) is 10.5. The largest absolute Gasteiger partial charge is 0.383 e. The van der Waals surface area contributed by atoms with E-state index >= 15 is 0 Å². The number of methoxy groups -OCH3 is 2. The molecule has 94 valence electrons. The summed E-state index contributed by atoms with van der Waals surface area (Å²) in [7, 11) is 3.16. The van der Waals surface area contributed by atoms with Crippen LogP contribution in [0.3, 0.4) is 0 Å². The standard InChI is InChI=1S/C11H21NO4/c1-9(8-16-4)12(5-6-15-3)11(14)7-10(2)13/h9H,5-8H2,1-4H3. The lowest BCUT2D eigenvalue weighted by molar-refractivity contribution is -0.138. The van der Waals surface area contributed by atoms with Crippen LogP contribution in [0.15, 0.2) is 0 Å². The Labute approximate surface area is 96.7 Å². The molecule has 1 atom stereocenters. The minimum atomic E-state index is -0.172. The molecule has 0 spiro atoms. The molecule has 0 aromatic carbocycles. The normalized spacial score (nSPS) is 12.2. The van der Waals surface area contributed by atoms with E-state index in [0.717, 1.165) is 0 Å². The summed E-state index contributed by atoms with van der Waals surface area (Å²) in [6.07, 6.45) is -0.0578. The third-order valence-corrected chi connectivity index (χ3v) is 2.20. The monoisotopic (exact) mass is 231 g/mol. The first-order valence-corrected chi connectivity index (χ1v) is 5.29. The number of hydrogen-bond acceptors (Lipinski definition) is 4. The molecule has 0 bridgehead atoms. The summed E-state index contributed by atoms with van der Waals surface area (Å²) in [6.45, 7) is 4.68. The first-order chi connectivity index (χ1) is 7.52. The van der Waals surface area contributed by atoms with E-state index in [1.54, 1.807) is 19.1 Å². The van der Waals surface area contributed by atoms with E-state index in [2.05, 4.69) is 0 Å². The van der Waals surface area contributed by atoms with Crippen molar-refractivity contribution in [3.05, 3.63) is 0 Å². The van der Waals surface area contributed by atoms with Crippen molar-refractivity contribution in [3.8, 4) is 0 Å². The van der Waals surface area contributed by atoms with Gasteiger partial charge in [0.25, 0.3) is 0 Å². The molecule has 0 aliphatic heterocycles. The van der Waals surface area contributed by atoms with Crippen molar-refractivity contribution in [3.63, 3.8) is 0 Å². The smallest absolute Gasteiger partial charge is 0.230 e. The number of rotatable bonds is 8. The summed E-state index contributed by atoms with van der Waals surface area (Å²) in [4.78, 5) is 24.3. The molecule has 5 nitrogen and oxygen atoms in total. The molecular formula is C11H21NO4. The minimum Gasteiger partial charge on any atom is -0.383 e. The van der Waals surface area contributed by atoms with E-state index in [9.17, 15) is 9.59 Å². The number of amides is 1. The molecule has 0 aliphatic rings. The Bertz CT molecular complexity index is 230. The highest BCUT2D eigenvalue weighted by Crippen LogP contribution is 2.03. The van der Waals surface area contributed by atoms with Crippen molar-refractivity contribution < 1.29 is 19.1 Å². The molecule has 1 amide bonds. The predicted molar refractivity (Wildman–Crippen MR) is 60.2 cm³/mol. The van der Waals surface area contributed by atoms with Gasteiger partial charge in [-0.15, -0.1) is 0 Å². The van der Waals surface area contributed by atoms with E-state index in [-0.39, 0.29) is 24.2 Å². The number of hydrogen-bond donors (Lipinski definition) is 0. The Kier molecular flexibility index (Phi) is 7.76. The van der Waals surface area contributed by atoms with Crippen LogP contribution in [-0.4, -0.2) is 56.6 Å². The molecule has 0 rings (SSSR count). The van der Waals surface area contributed by atoms with Gasteiger partial charge in [0.05, 0.1) is 25.7 Å². The molecule has 5 heteroatoms. The van der Waals surface area contributed by atoms with Crippen LogP contribution in [0, 0.1) is 0 Å². The topological polar surface area (TPSA) is 55.8 Å². The second kappa shape index (κ2) is 8.24. The van der Waals surface area contributed by atoms with Crippen LogP contribution < -0.4 is 0 Å². The minimum absolute atomic E-state index is 0.0491. The molecule has 0 aromatic rings. The fourth-order valence-corrected chi connectivity index (χ4v) is 1.43. The molecular weight excluding hydrogens is 210 g/mol. The van der Waals surface area contributed by atoms with Gasteiger partial charge < -0.3 is 14.4 Å². The van der Waals surface area contributed by atoms with E-state index in [1.807, 2.05) is 6.92 Å². The molecule has 0 fully saturated rings. The first-order valence-electron chi connectivity index (χ1n) is 5.29. The second-order valence-corrected chi connectivity index (χ2v) is 3.76. The van der Waals surface area contributed by atoms with Gasteiger partial charge in [-0.1, -0.05) is 0 Å². The van der Waals surface area contributed by atoms with Crippen molar-refractivity contribution in [2.24, 2.45) is 0 Å². The molecule has 0 saturated heterocycles. The first kappa shape index (κ1) is 15.1. The predicted octanol–water partition coefficient (Wildman–Crippen LogP) is 0.475. The maximum Gasteiger partial charge on any atom is 0.230 e. The van der Waals surface area contributed by atoms with Crippen LogP contribution in [0.25, 0.3) is 0 Å². The average Bonchev–Trinajstić information content (AvgIpc) is 2.17.